The van der Waals surface area contributed by atoms with Gasteiger partial charge in [-0.05, 0) is 25.2 Å². The third kappa shape index (κ3) is 3.43. The Morgan fingerprint density at radius 2 is 2.25 bits per heavy atom. The molecule has 0 fully saturated rings. The average molecular weight is 223 g/mol. The van der Waals surface area contributed by atoms with Crippen molar-refractivity contribution in [3.8, 4) is 5.75 Å². The van der Waals surface area contributed by atoms with Gasteiger partial charge in [-0.3, -0.25) is 9.69 Å². The van der Waals surface area contributed by atoms with Gasteiger partial charge in [-0.15, -0.1) is 0 Å². The van der Waals surface area contributed by atoms with Gasteiger partial charge in [0.15, 0.2) is 0 Å². The lowest BCUT2D eigenvalue weighted by Crippen LogP contribution is -2.32. The summed E-state index contributed by atoms with van der Waals surface area (Å²) in [6.07, 6.45) is 0. The molecule has 1 amide bonds. The number of anilines is 1. The van der Waals surface area contributed by atoms with Crippen LogP contribution in [0, 0.1) is 0 Å². The number of likely N-dealkylation sites (N-methyl/N-ethyl adjacent to an activating group) is 2. The molecule has 0 aliphatic carbocycles. The SMILES string of the molecule is CNC(=O)CN(C)Cc1cc(N)ccc1O. The van der Waals surface area contributed by atoms with Crippen molar-refractivity contribution in [2.75, 3.05) is 26.4 Å². The van der Waals surface area contributed by atoms with Crippen LogP contribution >= 0.6 is 0 Å². The third-order valence-corrected chi connectivity index (χ3v) is 2.24. The van der Waals surface area contributed by atoms with Crippen molar-refractivity contribution in [1.82, 2.24) is 10.2 Å². The van der Waals surface area contributed by atoms with Crippen LogP contribution in [0.15, 0.2) is 18.2 Å². The molecule has 0 unspecified atom stereocenters. The molecule has 4 N–H and O–H groups in total. The van der Waals surface area contributed by atoms with Crippen LogP contribution in [0.2, 0.25) is 0 Å². The first kappa shape index (κ1) is 12.3. The molecule has 16 heavy (non-hydrogen) atoms. The number of phenolic OH excluding ortho intramolecular Hbond substituents is 1. The molecule has 5 heteroatoms. The minimum atomic E-state index is -0.0640. The Labute approximate surface area is 94.9 Å². The van der Waals surface area contributed by atoms with Crippen LogP contribution in [0.3, 0.4) is 0 Å². The molecule has 0 aromatic heterocycles. The quantitative estimate of drug-likeness (QED) is 0.501. The van der Waals surface area contributed by atoms with Gasteiger partial charge in [-0.2, -0.15) is 0 Å². The van der Waals surface area contributed by atoms with Crippen LogP contribution in [0.1, 0.15) is 5.56 Å². The van der Waals surface area contributed by atoms with E-state index in [1.165, 1.54) is 0 Å². The summed E-state index contributed by atoms with van der Waals surface area (Å²) in [7, 11) is 3.39. The monoisotopic (exact) mass is 223 g/mol. The summed E-state index contributed by atoms with van der Waals surface area (Å²) in [4.78, 5) is 12.9. The predicted octanol–water partition coefficient (Wildman–Crippen LogP) is 0.152. The zero-order valence-electron chi connectivity index (χ0n) is 9.53. The largest absolute Gasteiger partial charge is 0.508 e. The highest BCUT2D eigenvalue weighted by atomic mass is 16.3. The van der Waals surface area contributed by atoms with Crippen molar-refractivity contribution < 1.29 is 9.90 Å². The fourth-order valence-electron chi connectivity index (χ4n) is 1.40. The molecule has 0 aliphatic heterocycles. The fraction of sp³-hybridized carbons (Fsp3) is 0.364. The summed E-state index contributed by atoms with van der Waals surface area (Å²) in [5.41, 5.74) is 6.93. The second kappa shape index (κ2) is 5.37. The van der Waals surface area contributed by atoms with Crippen molar-refractivity contribution >= 4 is 11.6 Å². The lowest BCUT2D eigenvalue weighted by Gasteiger charge is -2.16. The molecule has 1 rings (SSSR count). The number of hydrogen-bond donors (Lipinski definition) is 3. The van der Waals surface area contributed by atoms with Crippen LogP contribution in [0.25, 0.3) is 0 Å². The highest BCUT2D eigenvalue weighted by molar-refractivity contribution is 5.77. The van der Waals surface area contributed by atoms with Gasteiger partial charge < -0.3 is 16.2 Å². The molecule has 0 bridgehead atoms. The Kier molecular flexibility index (Phi) is 4.13. The van der Waals surface area contributed by atoms with Crippen molar-refractivity contribution in [3.05, 3.63) is 23.8 Å². The van der Waals surface area contributed by atoms with Crippen LogP contribution in [-0.2, 0) is 11.3 Å². The second-order valence-electron chi connectivity index (χ2n) is 3.73. The molecule has 1 aromatic carbocycles. The Morgan fingerprint density at radius 1 is 1.56 bits per heavy atom. The number of carbonyl (C=O) groups is 1. The van der Waals surface area contributed by atoms with Gasteiger partial charge in [-0.1, -0.05) is 0 Å². The Hall–Kier alpha value is -1.75. The van der Waals surface area contributed by atoms with Crippen molar-refractivity contribution in [2.24, 2.45) is 0 Å². The van der Waals surface area contributed by atoms with Gasteiger partial charge in [0, 0.05) is 24.8 Å². The molecule has 0 aliphatic rings. The number of amides is 1. The van der Waals surface area contributed by atoms with E-state index in [1.807, 2.05) is 0 Å². The Balaban J connectivity index is 2.65. The van der Waals surface area contributed by atoms with Crippen LogP contribution in [0.4, 0.5) is 5.69 Å². The molecule has 5 nitrogen and oxygen atoms in total. The minimum Gasteiger partial charge on any atom is -0.508 e. The molecule has 1 aromatic rings. The number of nitrogens with one attached hydrogen (secondary N) is 1. The van der Waals surface area contributed by atoms with Gasteiger partial charge in [-0.25, -0.2) is 0 Å². The second-order valence-corrected chi connectivity index (χ2v) is 3.73. The fourth-order valence-corrected chi connectivity index (χ4v) is 1.40. The summed E-state index contributed by atoms with van der Waals surface area (Å²) >= 11 is 0. The van der Waals surface area contributed by atoms with E-state index < -0.39 is 0 Å². The van der Waals surface area contributed by atoms with Gasteiger partial charge in [0.2, 0.25) is 5.91 Å². The molecule has 0 heterocycles. The number of nitrogens with zero attached hydrogens (tertiary/aromatic N) is 1. The Morgan fingerprint density at radius 3 is 2.88 bits per heavy atom. The summed E-state index contributed by atoms with van der Waals surface area (Å²) < 4.78 is 0. The first-order valence-corrected chi connectivity index (χ1v) is 4.99. The van der Waals surface area contributed by atoms with E-state index in [0.717, 1.165) is 0 Å². The zero-order chi connectivity index (χ0) is 12.1. The molecule has 0 radical (unpaired) electrons. The van der Waals surface area contributed by atoms with E-state index in [2.05, 4.69) is 5.32 Å². The molecular weight excluding hydrogens is 206 g/mol. The first-order valence-electron chi connectivity index (χ1n) is 4.99. The van der Waals surface area contributed by atoms with Crippen molar-refractivity contribution in [3.63, 3.8) is 0 Å². The first-order chi connectivity index (χ1) is 7.52. The van der Waals surface area contributed by atoms with Crippen LogP contribution in [-0.4, -0.2) is 36.6 Å². The van der Waals surface area contributed by atoms with Gasteiger partial charge in [0.25, 0.3) is 0 Å². The summed E-state index contributed by atoms with van der Waals surface area (Å²) in [5.74, 6) is 0.129. The molecule has 0 saturated heterocycles. The highest BCUT2D eigenvalue weighted by Gasteiger charge is 2.08. The zero-order valence-corrected chi connectivity index (χ0v) is 9.53. The number of phenols is 1. The lowest BCUT2D eigenvalue weighted by atomic mass is 10.1. The summed E-state index contributed by atoms with van der Waals surface area (Å²) in [6, 6.07) is 4.89. The number of benzene rings is 1. The van der Waals surface area contributed by atoms with Gasteiger partial charge in [0.05, 0.1) is 6.54 Å². The maximum atomic E-state index is 11.1. The summed E-state index contributed by atoms with van der Waals surface area (Å²) in [5, 5.41) is 12.1. The third-order valence-electron chi connectivity index (χ3n) is 2.24. The highest BCUT2D eigenvalue weighted by Crippen LogP contribution is 2.20. The number of nitrogens with two attached hydrogens (primary N) is 1. The number of aromatic hydroxyl groups is 1. The topological polar surface area (TPSA) is 78.6 Å². The lowest BCUT2D eigenvalue weighted by molar-refractivity contribution is -0.121. The molecule has 0 saturated carbocycles. The molecule has 0 atom stereocenters. The van der Waals surface area contributed by atoms with Gasteiger partial charge in [0.1, 0.15) is 5.75 Å². The van der Waals surface area contributed by atoms with E-state index in [4.69, 9.17) is 5.73 Å². The van der Waals surface area contributed by atoms with E-state index >= 15 is 0 Å². The maximum absolute atomic E-state index is 11.1. The van der Waals surface area contributed by atoms with E-state index in [-0.39, 0.29) is 18.2 Å². The number of rotatable bonds is 4. The van der Waals surface area contributed by atoms with Crippen LogP contribution < -0.4 is 11.1 Å². The molecular formula is C11H17N3O2. The number of carbonyl (C=O) groups excluding carboxylic acids is 1. The minimum absolute atomic E-state index is 0.0640. The molecule has 0 spiro atoms. The van der Waals surface area contributed by atoms with Crippen LogP contribution in [0.5, 0.6) is 5.75 Å². The summed E-state index contributed by atoms with van der Waals surface area (Å²) in [6.45, 7) is 0.759. The van der Waals surface area contributed by atoms with Crippen molar-refractivity contribution in [2.45, 2.75) is 6.54 Å². The predicted molar refractivity (Wildman–Crippen MR) is 62.9 cm³/mol. The average Bonchev–Trinajstić information content (AvgIpc) is 2.23. The van der Waals surface area contributed by atoms with E-state index in [9.17, 15) is 9.90 Å². The van der Waals surface area contributed by atoms with E-state index in [0.29, 0.717) is 17.8 Å². The Bertz CT molecular complexity index is 379. The maximum Gasteiger partial charge on any atom is 0.233 e. The van der Waals surface area contributed by atoms with E-state index in [1.54, 1.807) is 37.2 Å². The smallest absolute Gasteiger partial charge is 0.233 e. The number of nitrogen functional groups attached to an aromatic ring is 1. The van der Waals surface area contributed by atoms with Crippen molar-refractivity contribution in [1.29, 1.82) is 0 Å². The molecule has 88 valence electrons. The normalized spacial score (nSPS) is 10.4. The standard InChI is InChI=1S/C11H17N3O2/c1-13-11(16)7-14(2)6-8-5-9(12)3-4-10(8)15/h3-5,15H,6-7,12H2,1-2H3,(H,13,16). The number of hydrogen-bond acceptors (Lipinski definition) is 4. The van der Waals surface area contributed by atoms with Gasteiger partial charge >= 0.3 is 0 Å².